The van der Waals surface area contributed by atoms with Crippen molar-refractivity contribution in [3.05, 3.63) is 29.3 Å². The van der Waals surface area contributed by atoms with Gasteiger partial charge < -0.3 is 16.3 Å². The van der Waals surface area contributed by atoms with Crippen LogP contribution in [0.1, 0.15) is 17.5 Å². The van der Waals surface area contributed by atoms with Crippen LogP contribution in [0.4, 0.5) is 0 Å². The van der Waals surface area contributed by atoms with Crippen LogP contribution in [0.25, 0.3) is 0 Å². The summed E-state index contributed by atoms with van der Waals surface area (Å²) in [6.07, 6.45) is 3.03. The third kappa shape index (κ3) is 1.99. The fourth-order valence-electron chi connectivity index (χ4n) is 1.77. The van der Waals surface area contributed by atoms with Crippen molar-refractivity contribution in [1.29, 1.82) is 0 Å². The topological polar surface area (TPSA) is 77.8 Å². The zero-order valence-electron chi connectivity index (χ0n) is 7.46. The van der Waals surface area contributed by atoms with Crippen LogP contribution < -0.4 is 5.73 Å². The van der Waals surface area contributed by atoms with Crippen molar-refractivity contribution in [3.8, 4) is 5.75 Å². The Balaban J connectivity index is 0.000000845. The van der Waals surface area contributed by atoms with Gasteiger partial charge in [0.05, 0.1) is 0 Å². The van der Waals surface area contributed by atoms with Crippen LogP contribution >= 0.6 is 0 Å². The predicted molar refractivity (Wildman–Crippen MR) is 51.7 cm³/mol. The molecule has 0 aromatic heterocycles. The third-order valence-electron chi connectivity index (χ3n) is 2.46. The molecule has 3 heteroatoms. The molecule has 0 saturated heterocycles. The maximum absolute atomic E-state index is 9.23. The highest BCUT2D eigenvalue weighted by atomic mass is 16.3. The van der Waals surface area contributed by atoms with Gasteiger partial charge in [-0.3, -0.25) is 0 Å². The molecule has 0 aliphatic heterocycles. The minimum Gasteiger partial charge on any atom is -0.508 e. The number of hydrogen-bond donors (Lipinski definition) is 2. The Morgan fingerprint density at radius 1 is 1.31 bits per heavy atom. The summed E-state index contributed by atoms with van der Waals surface area (Å²) in [7, 11) is 0. The largest absolute Gasteiger partial charge is 0.508 e. The Morgan fingerprint density at radius 2 is 2.08 bits per heavy atom. The Bertz CT molecular complexity index is 299. The summed E-state index contributed by atoms with van der Waals surface area (Å²) in [5.41, 5.74) is 8.38. The molecule has 72 valence electrons. The molecular formula is C10H15NO2. The highest BCUT2D eigenvalue weighted by Crippen LogP contribution is 2.23. The van der Waals surface area contributed by atoms with E-state index in [0.717, 1.165) is 19.3 Å². The van der Waals surface area contributed by atoms with Gasteiger partial charge >= 0.3 is 0 Å². The molecule has 0 heterocycles. The number of benzene rings is 1. The van der Waals surface area contributed by atoms with Gasteiger partial charge in [0, 0.05) is 6.04 Å². The van der Waals surface area contributed by atoms with Crippen molar-refractivity contribution in [2.75, 3.05) is 0 Å². The number of aryl methyl sites for hydroxylation is 1. The monoisotopic (exact) mass is 181 g/mol. The van der Waals surface area contributed by atoms with Crippen LogP contribution in [0.15, 0.2) is 18.2 Å². The molecule has 1 aliphatic rings. The molecule has 0 fully saturated rings. The van der Waals surface area contributed by atoms with E-state index in [0.29, 0.717) is 5.75 Å². The lowest BCUT2D eigenvalue weighted by molar-refractivity contribution is 0.472. The quantitative estimate of drug-likeness (QED) is 0.607. The zero-order valence-corrected chi connectivity index (χ0v) is 7.46. The van der Waals surface area contributed by atoms with Gasteiger partial charge in [0.25, 0.3) is 0 Å². The molecule has 0 bridgehead atoms. The molecule has 2 rings (SSSR count). The van der Waals surface area contributed by atoms with Crippen molar-refractivity contribution in [2.45, 2.75) is 25.3 Å². The van der Waals surface area contributed by atoms with Crippen molar-refractivity contribution >= 4 is 0 Å². The van der Waals surface area contributed by atoms with Crippen LogP contribution in [0.5, 0.6) is 5.75 Å². The third-order valence-corrected chi connectivity index (χ3v) is 2.46. The molecule has 0 radical (unpaired) electrons. The summed E-state index contributed by atoms with van der Waals surface area (Å²) in [5.74, 6) is 0.350. The first-order chi connectivity index (χ1) is 5.75. The molecule has 0 saturated carbocycles. The molecule has 1 aliphatic carbocycles. The van der Waals surface area contributed by atoms with E-state index < -0.39 is 0 Å². The van der Waals surface area contributed by atoms with Gasteiger partial charge in [-0.15, -0.1) is 0 Å². The molecule has 3 nitrogen and oxygen atoms in total. The first kappa shape index (κ1) is 10.0. The van der Waals surface area contributed by atoms with Crippen LogP contribution in [0.2, 0.25) is 0 Å². The van der Waals surface area contributed by atoms with Gasteiger partial charge in [0.15, 0.2) is 0 Å². The molecule has 1 aromatic rings. The van der Waals surface area contributed by atoms with Gasteiger partial charge in [0.1, 0.15) is 5.75 Å². The smallest absolute Gasteiger partial charge is 0.115 e. The fourth-order valence-corrected chi connectivity index (χ4v) is 1.77. The number of phenolic OH excluding ortho intramolecular Hbond substituents is 1. The SMILES string of the molecule is NC1CCc2ccc(O)cc2C1.O. The second-order valence-corrected chi connectivity index (χ2v) is 3.46. The average Bonchev–Trinajstić information content (AvgIpc) is 2.03. The molecule has 1 aromatic carbocycles. The summed E-state index contributed by atoms with van der Waals surface area (Å²) in [5, 5.41) is 9.23. The van der Waals surface area contributed by atoms with Crippen LogP contribution in [0, 0.1) is 0 Å². The van der Waals surface area contributed by atoms with Crippen LogP contribution in [0.3, 0.4) is 0 Å². The zero-order chi connectivity index (χ0) is 8.55. The Hall–Kier alpha value is -1.06. The van der Waals surface area contributed by atoms with E-state index in [1.807, 2.05) is 12.1 Å². The summed E-state index contributed by atoms with van der Waals surface area (Å²) in [6, 6.07) is 5.85. The molecule has 0 amide bonds. The molecule has 13 heavy (non-hydrogen) atoms. The van der Waals surface area contributed by atoms with Gasteiger partial charge in [-0.05, 0) is 42.5 Å². The number of hydrogen-bond acceptors (Lipinski definition) is 2. The van der Waals surface area contributed by atoms with Crippen molar-refractivity contribution < 1.29 is 10.6 Å². The standard InChI is InChI=1S/C10H13NO.H2O/c11-9-3-1-7-2-4-10(12)6-8(7)5-9;/h2,4,6,9,12H,1,3,5,11H2;1H2. The lowest BCUT2D eigenvalue weighted by Crippen LogP contribution is -2.27. The lowest BCUT2D eigenvalue weighted by atomic mass is 9.89. The number of nitrogens with two attached hydrogens (primary N) is 1. The second kappa shape index (κ2) is 3.77. The average molecular weight is 181 g/mol. The molecule has 1 unspecified atom stereocenters. The minimum absolute atomic E-state index is 0. The summed E-state index contributed by atoms with van der Waals surface area (Å²) in [4.78, 5) is 0. The van der Waals surface area contributed by atoms with Gasteiger partial charge in [-0.25, -0.2) is 0 Å². The first-order valence-electron chi connectivity index (χ1n) is 4.32. The van der Waals surface area contributed by atoms with Crippen LogP contribution in [-0.4, -0.2) is 16.6 Å². The normalized spacial score (nSPS) is 20.2. The van der Waals surface area contributed by atoms with Crippen LogP contribution in [-0.2, 0) is 12.8 Å². The summed E-state index contributed by atoms with van der Waals surface area (Å²) in [6.45, 7) is 0. The van der Waals surface area contributed by atoms with E-state index in [1.54, 1.807) is 6.07 Å². The Labute approximate surface area is 77.5 Å². The summed E-state index contributed by atoms with van der Waals surface area (Å²) < 4.78 is 0. The van der Waals surface area contributed by atoms with E-state index in [1.165, 1.54) is 11.1 Å². The second-order valence-electron chi connectivity index (χ2n) is 3.46. The van der Waals surface area contributed by atoms with Crippen molar-refractivity contribution in [3.63, 3.8) is 0 Å². The molecular weight excluding hydrogens is 166 g/mol. The van der Waals surface area contributed by atoms with E-state index in [9.17, 15) is 5.11 Å². The Morgan fingerprint density at radius 3 is 2.85 bits per heavy atom. The van der Waals surface area contributed by atoms with Gasteiger partial charge in [0.2, 0.25) is 0 Å². The minimum atomic E-state index is 0. The first-order valence-corrected chi connectivity index (χ1v) is 4.32. The fraction of sp³-hybridized carbons (Fsp3) is 0.400. The van der Waals surface area contributed by atoms with E-state index in [2.05, 4.69) is 0 Å². The van der Waals surface area contributed by atoms with Crippen molar-refractivity contribution in [1.82, 2.24) is 0 Å². The van der Waals surface area contributed by atoms with Gasteiger partial charge in [-0.1, -0.05) is 6.07 Å². The highest BCUT2D eigenvalue weighted by Gasteiger charge is 2.14. The summed E-state index contributed by atoms with van der Waals surface area (Å²) >= 11 is 0. The molecule has 0 spiro atoms. The van der Waals surface area contributed by atoms with Gasteiger partial charge in [-0.2, -0.15) is 0 Å². The van der Waals surface area contributed by atoms with E-state index in [4.69, 9.17) is 5.73 Å². The molecule has 5 N–H and O–H groups in total. The number of fused-ring (bicyclic) bond motifs is 1. The number of aromatic hydroxyl groups is 1. The van der Waals surface area contributed by atoms with E-state index in [-0.39, 0.29) is 11.5 Å². The maximum Gasteiger partial charge on any atom is 0.115 e. The Kier molecular flexibility index (Phi) is 2.90. The number of phenols is 1. The predicted octanol–water partition coefficient (Wildman–Crippen LogP) is 0.383. The van der Waals surface area contributed by atoms with Crippen molar-refractivity contribution in [2.24, 2.45) is 5.73 Å². The number of rotatable bonds is 0. The maximum atomic E-state index is 9.23. The lowest BCUT2D eigenvalue weighted by Gasteiger charge is -2.21. The van der Waals surface area contributed by atoms with E-state index >= 15 is 0 Å². The molecule has 1 atom stereocenters. The highest BCUT2D eigenvalue weighted by molar-refractivity contribution is 5.37.